The number of hydrogen-bond acceptors (Lipinski definition) is 1. The molecule has 0 spiro atoms. The van der Waals surface area contributed by atoms with E-state index in [1.165, 1.54) is 22.3 Å². The number of rotatable bonds is 3. The molecule has 0 N–H and O–H groups in total. The highest BCUT2D eigenvalue weighted by Crippen LogP contribution is 2.53. The van der Waals surface area contributed by atoms with Crippen LogP contribution in [0.5, 0.6) is 0 Å². The van der Waals surface area contributed by atoms with Gasteiger partial charge < -0.3 is 4.79 Å². The Kier molecular flexibility index (Phi) is 3.59. The molecule has 0 bridgehead atoms. The van der Waals surface area contributed by atoms with Crippen molar-refractivity contribution in [3.05, 3.63) is 34.4 Å². The van der Waals surface area contributed by atoms with Crippen LogP contribution in [0.2, 0.25) is 0 Å². The Morgan fingerprint density at radius 3 is 2.47 bits per heavy atom. The highest BCUT2D eigenvalue weighted by molar-refractivity contribution is 5.58. The SMILES string of the molecule is Cc1cc2c(cc1CC=O)C(C(C)C)C(C)C2(C)C. The summed E-state index contributed by atoms with van der Waals surface area (Å²) in [5.74, 6) is 1.90. The van der Waals surface area contributed by atoms with Gasteiger partial charge in [0.2, 0.25) is 0 Å². The normalized spacial score (nSPS) is 24.6. The lowest BCUT2D eigenvalue weighted by atomic mass is 9.74. The summed E-state index contributed by atoms with van der Waals surface area (Å²) in [6.07, 6.45) is 1.56. The number of carbonyl (C=O) groups excluding carboxylic acids is 1. The van der Waals surface area contributed by atoms with Crippen LogP contribution >= 0.6 is 0 Å². The smallest absolute Gasteiger partial charge is 0.124 e. The number of aryl methyl sites for hydroxylation is 1. The molecular formula is C18H26O. The van der Waals surface area contributed by atoms with E-state index in [1.54, 1.807) is 0 Å². The molecule has 0 saturated heterocycles. The van der Waals surface area contributed by atoms with Crippen LogP contribution < -0.4 is 0 Å². The minimum Gasteiger partial charge on any atom is -0.303 e. The van der Waals surface area contributed by atoms with Crippen molar-refractivity contribution in [1.29, 1.82) is 0 Å². The molecule has 0 aromatic heterocycles. The van der Waals surface area contributed by atoms with Gasteiger partial charge in [0.1, 0.15) is 6.29 Å². The Labute approximate surface area is 117 Å². The number of benzene rings is 1. The number of carbonyl (C=O) groups is 1. The predicted molar refractivity (Wildman–Crippen MR) is 80.7 cm³/mol. The van der Waals surface area contributed by atoms with Crippen molar-refractivity contribution in [3.63, 3.8) is 0 Å². The third kappa shape index (κ3) is 2.13. The van der Waals surface area contributed by atoms with E-state index in [2.05, 4.69) is 53.7 Å². The topological polar surface area (TPSA) is 17.1 Å². The van der Waals surface area contributed by atoms with E-state index in [0.29, 0.717) is 24.2 Å². The lowest BCUT2D eigenvalue weighted by molar-refractivity contribution is -0.107. The molecule has 2 unspecified atom stereocenters. The first-order valence-electron chi connectivity index (χ1n) is 7.38. The van der Waals surface area contributed by atoms with Crippen LogP contribution in [0.4, 0.5) is 0 Å². The zero-order valence-electron chi connectivity index (χ0n) is 13.1. The van der Waals surface area contributed by atoms with E-state index in [9.17, 15) is 4.79 Å². The summed E-state index contributed by atoms with van der Waals surface area (Å²) < 4.78 is 0. The molecule has 0 radical (unpaired) electrons. The summed E-state index contributed by atoms with van der Waals surface area (Å²) in [5.41, 5.74) is 5.66. The van der Waals surface area contributed by atoms with Crippen LogP contribution in [0.25, 0.3) is 0 Å². The van der Waals surface area contributed by atoms with Crippen LogP contribution in [-0.2, 0) is 16.6 Å². The van der Waals surface area contributed by atoms with E-state index in [0.717, 1.165) is 6.29 Å². The van der Waals surface area contributed by atoms with Gasteiger partial charge in [-0.3, -0.25) is 0 Å². The van der Waals surface area contributed by atoms with Crippen molar-refractivity contribution in [1.82, 2.24) is 0 Å². The second-order valence-corrected chi connectivity index (χ2v) is 7.02. The fraction of sp³-hybridized carbons (Fsp3) is 0.611. The predicted octanol–water partition coefficient (Wildman–Crippen LogP) is 4.40. The average molecular weight is 258 g/mol. The zero-order valence-corrected chi connectivity index (χ0v) is 13.1. The van der Waals surface area contributed by atoms with Crippen molar-refractivity contribution >= 4 is 6.29 Å². The Bertz CT molecular complexity index is 497. The van der Waals surface area contributed by atoms with Crippen molar-refractivity contribution in [2.24, 2.45) is 11.8 Å². The van der Waals surface area contributed by atoms with Gasteiger partial charge in [-0.2, -0.15) is 0 Å². The molecule has 0 fully saturated rings. The van der Waals surface area contributed by atoms with E-state index in [1.807, 2.05) is 0 Å². The molecule has 1 aliphatic carbocycles. The van der Waals surface area contributed by atoms with Crippen LogP contribution in [-0.4, -0.2) is 6.29 Å². The van der Waals surface area contributed by atoms with Gasteiger partial charge in [0.05, 0.1) is 0 Å². The molecule has 2 atom stereocenters. The summed E-state index contributed by atoms with van der Waals surface area (Å²) in [6, 6.07) is 4.63. The van der Waals surface area contributed by atoms with Gasteiger partial charge >= 0.3 is 0 Å². The van der Waals surface area contributed by atoms with Crippen molar-refractivity contribution in [2.75, 3.05) is 0 Å². The van der Waals surface area contributed by atoms with Gasteiger partial charge in [-0.15, -0.1) is 0 Å². The Morgan fingerprint density at radius 1 is 1.32 bits per heavy atom. The molecule has 0 aliphatic heterocycles. The van der Waals surface area contributed by atoms with Gasteiger partial charge in [-0.25, -0.2) is 0 Å². The lowest BCUT2D eigenvalue weighted by Gasteiger charge is -2.30. The van der Waals surface area contributed by atoms with Gasteiger partial charge in [-0.05, 0) is 52.3 Å². The third-order valence-electron chi connectivity index (χ3n) is 5.26. The molecule has 0 heterocycles. The third-order valence-corrected chi connectivity index (χ3v) is 5.26. The highest BCUT2D eigenvalue weighted by atomic mass is 16.1. The van der Waals surface area contributed by atoms with E-state index in [-0.39, 0.29) is 5.41 Å². The van der Waals surface area contributed by atoms with E-state index in [4.69, 9.17) is 0 Å². The Morgan fingerprint density at radius 2 is 1.95 bits per heavy atom. The highest BCUT2D eigenvalue weighted by Gasteiger charge is 2.44. The fourth-order valence-electron chi connectivity index (χ4n) is 3.82. The number of fused-ring (bicyclic) bond motifs is 1. The van der Waals surface area contributed by atoms with Crippen LogP contribution in [0.3, 0.4) is 0 Å². The van der Waals surface area contributed by atoms with Gasteiger partial charge in [0.15, 0.2) is 0 Å². The lowest BCUT2D eigenvalue weighted by Crippen LogP contribution is -2.25. The first-order valence-corrected chi connectivity index (χ1v) is 7.38. The van der Waals surface area contributed by atoms with Gasteiger partial charge in [0, 0.05) is 6.42 Å². The van der Waals surface area contributed by atoms with Crippen LogP contribution in [0.15, 0.2) is 12.1 Å². The molecule has 19 heavy (non-hydrogen) atoms. The summed E-state index contributed by atoms with van der Waals surface area (Å²) >= 11 is 0. The molecule has 104 valence electrons. The zero-order chi connectivity index (χ0) is 14.4. The van der Waals surface area contributed by atoms with Crippen molar-refractivity contribution in [2.45, 2.75) is 59.3 Å². The molecule has 0 saturated carbocycles. The summed E-state index contributed by atoms with van der Waals surface area (Å²) in [5, 5.41) is 0. The second kappa shape index (κ2) is 4.77. The molecular weight excluding hydrogens is 232 g/mol. The average Bonchev–Trinajstić information content (AvgIpc) is 2.49. The first kappa shape index (κ1) is 14.3. The monoisotopic (exact) mass is 258 g/mol. The van der Waals surface area contributed by atoms with Crippen LogP contribution in [0.1, 0.15) is 62.8 Å². The standard InChI is InChI=1S/C18H26O/c1-11(2)17-13(4)18(5,6)16-9-12(3)14(7-8-19)10-15(16)17/h8-11,13,17H,7H2,1-6H3. The Balaban J connectivity index is 2.62. The van der Waals surface area contributed by atoms with Gasteiger partial charge in [0.25, 0.3) is 0 Å². The second-order valence-electron chi connectivity index (χ2n) is 7.02. The van der Waals surface area contributed by atoms with E-state index >= 15 is 0 Å². The quantitative estimate of drug-likeness (QED) is 0.734. The van der Waals surface area contributed by atoms with Crippen molar-refractivity contribution in [3.8, 4) is 0 Å². The van der Waals surface area contributed by atoms with Crippen molar-refractivity contribution < 1.29 is 4.79 Å². The number of hydrogen-bond donors (Lipinski definition) is 0. The minimum absolute atomic E-state index is 0.231. The summed E-state index contributed by atoms with van der Waals surface area (Å²) in [6.45, 7) is 13.8. The first-order chi connectivity index (χ1) is 8.80. The molecule has 1 heteroatoms. The molecule has 0 amide bonds. The summed E-state index contributed by atoms with van der Waals surface area (Å²) in [7, 11) is 0. The molecule has 1 nitrogen and oxygen atoms in total. The molecule has 2 rings (SSSR count). The maximum absolute atomic E-state index is 10.8. The Hall–Kier alpha value is -1.11. The largest absolute Gasteiger partial charge is 0.303 e. The van der Waals surface area contributed by atoms with Gasteiger partial charge in [-0.1, -0.05) is 46.8 Å². The fourth-order valence-corrected chi connectivity index (χ4v) is 3.82. The molecule has 1 aromatic rings. The van der Waals surface area contributed by atoms with Crippen LogP contribution in [0, 0.1) is 18.8 Å². The number of aldehydes is 1. The van der Waals surface area contributed by atoms with E-state index < -0.39 is 0 Å². The maximum atomic E-state index is 10.8. The minimum atomic E-state index is 0.231. The maximum Gasteiger partial charge on any atom is 0.124 e. The summed E-state index contributed by atoms with van der Waals surface area (Å²) in [4.78, 5) is 10.8. The molecule has 1 aromatic carbocycles. The molecule has 1 aliphatic rings.